The highest BCUT2D eigenvalue weighted by molar-refractivity contribution is 5.93. The van der Waals surface area contributed by atoms with Gasteiger partial charge >= 0.3 is 12.1 Å². The molecule has 152 valence electrons. The van der Waals surface area contributed by atoms with Crippen molar-refractivity contribution >= 4 is 12.1 Å². The first kappa shape index (κ1) is 19.2. The fourth-order valence-corrected chi connectivity index (χ4v) is 4.18. The molecule has 0 bridgehead atoms. The van der Waals surface area contributed by atoms with Gasteiger partial charge in [-0.1, -0.05) is 6.07 Å². The van der Waals surface area contributed by atoms with Crippen LogP contribution in [0, 0.1) is 6.92 Å². The van der Waals surface area contributed by atoms with Gasteiger partial charge in [-0.05, 0) is 44.9 Å². The Morgan fingerprint density at radius 3 is 2.75 bits per heavy atom. The molecular formula is C21H28N2O5. The summed E-state index contributed by atoms with van der Waals surface area (Å²) in [6, 6.07) is 4.02. The topological polar surface area (TPSA) is 68.3 Å². The Morgan fingerprint density at radius 2 is 2.00 bits per heavy atom. The number of fused-ring (bicyclic) bond motifs is 2. The zero-order valence-electron chi connectivity index (χ0n) is 17.0. The highest BCUT2D eigenvalue weighted by Gasteiger charge is 2.37. The summed E-state index contributed by atoms with van der Waals surface area (Å²) in [6.45, 7) is 11.4. The van der Waals surface area contributed by atoms with E-state index in [9.17, 15) is 9.59 Å². The number of piperazine rings is 1. The summed E-state index contributed by atoms with van der Waals surface area (Å²) in [5.41, 5.74) is 3.35. The van der Waals surface area contributed by atoms with Crippen LogP contribution in [0.15, 0.2) is 12.1 Å². The van der Waals surface area contributed by atoms with E-state index in [1.807, 2.05) is 39.8 Å². The number of carbonyl (C=O) groups excluding carboxylic acids is 2. The number of ether oxygens (including phenoxy) is 3. The summed E-state index contributed by atoms with van der Waals surface area (Å²) >= 11 is 0. The largest absolute Gasteiger partial charge is 0.457 e. The number of cyclic esters (lactones) is 1. The fraction of sp³-hybridized carbons (Fsp3) is 0.619. The minimum absolute atomic E-state index is 0.0367. The highest BCUT2D eigenvalue weighted by Crippen LogP contribution is 2.33. The minimum Gasteiger partial charge on any atom is -0.457 e. The van der Waals surface area contributed by atoms with Gasteiger partial charge in [0.05, 0.1) is 24.3 Å². The molecule has 2 saturated heterocycles. The van der Waals surface area contributed by atoms with Gasteiger partial charge in [0.25, 0.3) is 0 Å². The molecule has 2 fully saturated rings. The number of carbonyl (C=O) groups is 2. The van der Waals surface area contributed by atoms with Crippen molar-refractivity contribution < 1.29 is 23.8 Å². The Kier molecular flexibility index (Phi) is 4.83. The second-order valence-electron chi connectivity index (χ2n) is 8.78. The van der Waals surface area contributed by atoms with E-state index in [0.717, 1.165) is 29.8 Å². The summed E-state index contributed by atoms with van der Waals surface area (Å²) in [4.78, 5) is 28.3. The number of rotatable bonds is 1. The normalized spacial score (nSPS) is 25.1. The zero-order chi connectivity index (χ0) is 20.1. The maximum absolute atomic E-state index is 12.4. The van der Waals surface area contributed by atoms with Crippen molar-refractivity contribution in [2.24, 2.45) is 0 Å². The first-order chi connectivity index (χ1) is 13.2. The van der Waals surface area contributed by atoms with Crippen molar-refractivity contribution in [1.82, 2.24) is 9.80 Å². The number of benzene rings is 1. The molecular weight excluding hydrogens is 360 g/mol. The van der Waals surface area contributed by atoms with Gasteiger partial charge in [-0.2, -0.15) is 0 Å². The molecule has 1 aromatic carbocycles. The van der Waals surface area contributed by atoms with Crippen molar-refractivity contribution in [1.29, 1.82) is 0 Å². The third-order valence-electron chi connectivity index (χ3n) is 5.70. The Balaban J connectivity index is 1.42. The number of hydrogen-bond acceptors (Lipinski definition) is 6. The number of esters is 1. The van der Waals surface area contributed by atoms with Crippen molar-refractivity contribution in [3.8, 4) is 0 Å². The van der Waals surface area contributed by atoms with Gasteiger partial charge in [-0.15, -0.1) is 0 Å². The van der Waals surface area contributed by atoms with E-state index in [0.29, 0.717) is 31.9 Å². The quantitative estimate of drug-likeness (QED) is 0.689. The Labute approximate surface area is 165 Å². The van der Waals surface area contributed by atoms with Crippen LogP contribution in [-0.2, 0) is 20.8 Å². The molecule has 1 aromatic rings. The van der Waals surface area contributed by atoms with Crippen LogP contribution in [0.5, 0.6) is 0 Å². The summed E-state index contributed by atoms with van der Waals surface area (Å²) in [7, 11) is 0. The predicted molar refractivity (Wildman–Crippen MR) is 102 cm³/mol. The maximum Gasteiger partial charge on any atom is 0.410 e. The number of nitrogens with zero attached hydrogens (tertiary/aromatic N) is 2. The average Bonchev–Trinajstić information content (AvgIpc) is 3.02. The predicted octanol–water partition coefficient (Wildman–Crippen LogP) is 2.66. The summed E-state index contributed by atoms with van der Waals surface area (Å²) in [5, 5.41) is 0. The first-order valence-electron chi connectivity index (χ1n) is 9.86. The molecule has 3 aliphatic rings. The first-order valence-corrected chi connectivity index (χ1v) is 9.86. The molecule has 0 aromatic heterocycles. The number of amides is 1. The van der Waals surface area contributed by atoms with Crippen molar-refractivity contribution in [3.05, 3.63) is 34.4 Å². The minimum atomic E-state index is -0.488. The molecule has 1 amide bonds. The lowest BCUT2D eigenvalue weighted by atomic mass is 9.94. The fourth-order valence-electron chi connectivity index (χ4n) is 4.18. The molecule has 2 atom stereocenters. The Hall–Kier alpha value is -2.12. The molecule has 0 N–H and O–H groups in total. The third-order valence-corrected chi connectivity index (χ3v) is 5.70. The van der Waals surface area contributed by atoms with Crippen LogP contribution < -0.4 is 0 Å². The van der Waals surface area contributed by atoms with Crippen molar-refractivity contribution in [2.45, 2.75) is 52.0 Å². The van der Waals surface area contributed by atoms with E-state index in [-0.39, 0.29) is 24.2 Å². The zero-order valence-corrected chi connectivity index (χ0v) is 17.0. The van der Waals surface area contributed by atoms with Gasteiger partial charge in [0, 0.05) is 31.7 Å². The van der Waals surface area contributed by atoms with Crippen molar-refractivity contribution in [2.75, 3.05) is 32.8 Å². The molecule has 4 rings (SSSR count). The third kappa shape index (κ3) is 3.61. The van der Waals surface area contributed by atoms with E-state index in [4.69, 9.17) is 14.2 Å². The number of morpholine rings is 1. The molecule has 3 heterocycles. The van der Waals surface area contributed by atoms with Gasteiger partial charge in [0.2, 0.25) is 0 Å². The Bertz CT molecular complexity index is 801. The number of hydrogen-bond donors (Lipinski definition) is 0. The van der Waals surface area contributed by atoms with Gasteiger partial charge in [-0.25, -0.2) is 9.59 Å². The summed E-state index contributed by atoms with van der Waals surface area (Å²) in [6.07, 6.45) is -0.293. The molecule has 7 heteroatoms. The van der Waals surface area contributed by atoms with Crippen LogP contribution in [0.4, 0.5) is 4.79 Å². The van der Waals surface area contributed by atoms with Gasteiger partial charge in [-0.3, -0.25) is 4.90 Å². The second kappa shape index (κ2) is 7.04. The van der Waals surface area contributed by atoms with E-state index in [1.54, 1.807) is 4.90 Å². The lowest BCUT2D eigenvalue weighted by Crippen LogP contribution is -2.60. The van der Waals surface area contributed by atoms with Crippen LogP contribution in [0.2, 0.25) is 0 Å². The standard InChI is InChI=1S/C21H28N2O5/c1-13-15(5-6-16-17(13)12-27-19(16)24)18-10-22-7-8-23(9-14(22)11-26-18)20(25)28-21(2,3)4/h5-6,14,18H,7-12H2,1-4H3/t14-,18?/m0/s1. The summed E-state index contributed by atoms with van der Waals surface area (Å²) < 4.78 is 16.8. The van der Waals surface area contributed by atoms with Crippen LogP contribution in [0.1, 0.15) is 53.9 Å². The molecule has 7 nitrogen and oxygen atoms in total. The Morgan fingerprint density at radius 1 is 1.21 bits per heavy atom. The molecule has 3 aliphatic heterocycles. The highest BCUT2D eigenvalue weighted by atomic mass is 16.6. The lowest BCUT2D eigenvalue weighted by molar-refractivity contribution is -0.0908. The summed E-state index contributed by atoms with van der Waals surface area (Å²) in [5.74, 6) is -0.243. The van der Waals surface area contributed by atoms with E-state index < -0.39 is 5.60 Å². The van der Waals surface area contributed by atoms with E-state index >= 15 is 0 Å². The average molecular weight is 388 g/mol. The molecule has 0 radical (unpaired) electrons. The van der Waals surface area contributed by atoms with E-state index in [1.165, 1.54) is 0 Å². The monoisotopic (exact) mass is 388 g/mol. The van der Waals surface area contributed by atoms with Crippen LogP contribution in [0.3, 0.4) is 0 Å². The molecule has 0 aliphatic carbocycles. The molecule has 1 unspecified atom stereocenters. The van der Waals surface area contributed by atoms with Gasteiger partial charge in [0.15, 0.2) is 0 Å². The molecule has 28 heavy (non-hydrogen) atoms. The van der Waals surface area contributed by atoms with Gasteiger partial charge in [0.1, 0.15) is 12.2 Å². The molecule has 0 saturated carbocycles. The SMILES string of the molecule is Cc1c(C2CN3CCN(C(=O)OC(C)(C)C)C[C@H]3CO2)ccc2c1COC2=O. The second-order valence-corrected chi connectivity index (χ2v) is 8.78. The smallest absolute Gasteiger partial charge is 0.410 e. The van der Waals surface area contributed by atoms with Crippen LogP contribution in [-0.4, -0.2) is 66.3 Å². The van der Waals surface area contributed by atoms with Crippen molar-refractivity contribution in [3.63, 3.8) is 0 Å². The van der Waals surface area contributed by atoms with Gasteiger partial charge < -0.3 is 19.1 Å². The lowest BCUT2D eigenvalue weighted by Gasteiger charge is -2.46. The molecule has 0 spiro atoms. The van der Waals surface area contributed by atoms with Crippen LogP contribution >= 0.6 is 0 Å². The van der Waals surface area contributed by atoms with Crippen LogP contribution in [0.25, 0.3) is 0 Å². The maximum atomic E-state index is 12.4. The van der Waals surface area contributed by atoms with E-state index in [2.05, 4.69) is 4.90 Å².